The van der Waals surface area contributed by atoms with Crippen molar-refractivity contribution >= 4 is 11.6 Å². The van der Waals surface area contributed by atoms with Gasteiger partial charge >= 0.3 is 12.1 Å². The summed E-state index contributed by atoms with van der Waals surface area (Å²) in [5, 5.41) is 1.76. The molecule has 1 amide bonds. The lowest BCUT2D eigenvalue weighted by Gasteiger charge is -2.11. The van der Waals surface area contributed by atoms with E-state index < -0.39 is 12.1 Å². The normalized spacial score (nSPS) is 11.2. The molecule has 4 nitrogen and oxygen atoms in total. The second-order valence-electron chi connectivity index (χ2n) is 3.94. The minimum absolute atomic E-state index is 0.0187. The number of nitrogens with one attached hydrogen (secondary N) is 1. The Bertz CT molecular complexity index is 447. The number of amides is 1. The van der Waals surface area contributed by atoms with Crippen LogP contribution in [0.5, 0.6) is 5.88 Å². The van der Waals surface area contributed by atoms with E-state index in [1.165, 1.54) is 19.1 Å². The number of ether oxygens (including phenoxy) is 1. The van der Waals surface area contributed by atoms with Crippen molar-refractivity contribution in [2.24, 2.45) is 0 Å². The van der Waals surface area contributed by atoms with Crippen LogP contribution >= 0.6 is 0 Å². The third-order valence-corrected chi connectivity index (χ3v) is 2.31. The highest BCUT2D eigenvalue weighted by Gasteiger charge is 2.38. The number of aryl methyl sites for hydroxylation is 1. The van der Waals surface area contributed by atoms with E-state index >= 15 is 0 Å². The lowest BCUT2D eigenvalue weighted by molar-refractivity contribution is -0.167. The van der Waals surface area contributed by atoms with Crippen LogP contribution in [0.4, 0.5) is 18.9 Å². The van der Waals surface area contributed by atoms with Gasteiger partial charge < -0.3 is 10.1 Å². The molecule has 0 bridgehead atoms. The Morgan fingerprint density at radius 3 is 2.63 bits per heavy atom. The third kappa shape index (κ3) is 4.76. The lowest BCUT2D eigenvalue weighted by Crippen LogP contribution is -2.30. The third-order valence-electron chi connectivity index (χ3n) is 2.31. The van der Waals surface area contributed by atoms with E-state index in [1.807, 2.05) is 6.92 Å². The van der Waals surface area contributed by atoms with Gasteiger partial charge in [-0.15, -0.1) is 0 Å². The van der Waals surface area contributed by atoms with E-state index in [4.69, 9.17) is 4.74 Å². The molecule has 0 saturated carbocycles. The molecule has 0 spiro atoms. The van der Waals surface area contributed by atoms with Gasteiger partial charge in [-0.2, -0.15) is 13.2 Å². The molecule has 7 heteroatoms. The van der Waals surface area contributed by atoms with Crippen LogP contribution in [-0.2, 0) is 4.79 Å². The maximum Gasteiger partial charge on any atom is 0.471 e. The molecule has 1 heterocycles. The maximum absolute atomic E-state index is 12.1. The maximum atomic E-state index is 12.1. The number of carbonyl (C=O) groups is 1. The monoisotopic (exact) mass is 276 g/mol. The topological polar surface area (TPSA) is 51.2 Å². The van der Waals surface area contributed by atoms with Gasteiger partial charge in [0.25, 0.3) is 0 Å². The van der Waals surface area contributed by atoms with Gasteiger partial charge in [0, 0.05) is 6.07 Å². The molecule has 106 valence electrons. The minimum Gasteiger partial charge on any atom is -0.478 e. The molecule has 1 aromatic heterocycles. The van der Waals surface area contributed by atoms with Crippen molar-refractivity contribution < 1.29 is 22.7 Å². The number of carbonyl (C=O) groups excluding carboxylic acids is 1. The Labute approximate surface area is 109 Å². The number of alkyl halides is 3. The van der Waals surface area contributed by atoms with Gasteiger partial charge in [0.2, 0.25) is 5.88 Å². The summed E-state index contributed by atoms with van der Waals surface area (Å²) >= 11 is 0. The first-order valence-electron chi connectivity index (χ1n) is 5.83. The van der Waals surface area contributed by atoms with Crippen LogP contribution in [-0.4, -0.2) is 23.7 Å². The molecular formula is C12H15F3N2O2. The standard InChI is InChI=1S/C12H15F3N2O2/c1-3-4-7-19-10-6-5-9(8(2)16-10)17-11(18)12(13,14)15/h5-6H,3-4,7H2,1-2H3,(H,17,18). The zero-order valence-corrected chi connectivity index (χ0v) is 10.7. The summed E-state index contributed by atoms with van der Waals surface area (Å²) in [7, 11) is 0. The highest BCUT2D eigenvalue weighted by atomic mass is 19.4. The molecule has 1 rings (SSSR count). The molecule has 0 unspecified atom stereocenters. The minimum atomic E-state index is -4.91. The molecule has 0 fully saturated rings. The van der Waals surface area contributed by atoms with Crippen LogP contribution in [0.15, 0.2) is 12.1 Å². The predicted molar refractivity (Wildman–Crippen MR) is 64.1 cm³/mol. The van der Waals surface area contributed by atoms with Crippen molar-refractivity contribution in [1.82, 2.24) is 4.98 Å². The highest BCUT2D eigenvalue weighted by molar-refractivity contribution is 5.95. The van der Waals surface area contributed by atoms with Crippen LogP contribution in [0.25, 0.3) is 0 Å². The number of halogens is 3. The highest BCUT2D eigenvalue weighted by Crippen LogP contribution is 2.21. The van der Waals surface area contributed by atoms with Gasteiger partial charge in [-0.3, -0.25) is 4.79 Å². The zero-order valence-electron chi connectivity index (χ0n) is 10.7. The molecule has 1 N–H and O–H groups in total. The van der Waals surface area contributed by atoms with Crippen molar-refractivity contribution in [3.63, 3.8) is 0 Å². The zero-order chi connectivity index (χ0) is 14.5. The number of hydrogen-bond donors (Lipinski definition) is 1. The van der Waals surface area contributed by atoms with Crippen molar-refractivity contribution in [1.29, 1.82) is 0 Å². The van der Waals surface area contributed by atoms with Crippen molar-refractivity contribution in [2.45, 2.75) is 32.9 Å². The first kappa shape index (κ1) is 15.3. The molecule has 0 radical (unpaired) electrons. The molecule has 19 heavy (non-hydrogen) atoms. The Morgan fingerprint density at radius 2 is 2.11 bits per heavy atom. The summed E-state index contributed by atoms with van der Waals surface area (Å²) < 4.78 is 41.6. The van der Waals surface area contributed by atoms with Crippen LogP contribution in [0.2, 0.25) is 0 Å². The number of aromatic nitrogens is 1. The SMILES string of the molecule is CCCCOc1ccc(NC(=O)C(F)(F)F)c(C)n1. The van der Waals surface area contributed by atoms with Crippen LogP contribution in [0, 0.1) is 6.92 Å². The first-order valence-corrected chi connectivity index (χ1v) is 5.83. The van der Waals surface area contributed by atoms with Crippen LogP contribution in [0.1, 0.15) is 25.5 Å². The molecule has 0 saturated heterocycles. The Morgan fingerprint density at radius 1 is 1.42 bits per heavy atom. The molecule has 0 aliphatic heterocycles. The Kier molecular flexibility index (Phi) is 5.14. The average Bonchev–Trinajstić information content (AvgIpc) is 2.31. The van der Waals surface area contributed by atoms with Crippen LogP contribution < -0.4 is 10.1 Å². The second-order valence-corrected chi connectivity index (χ2v) is 3.94. The predicted octanol–water partition coefficient (Wildman–Crippen LogP) is 3.07. The van der Waals surface area contributed by atoms with Gasteiger partial charge in [-0.1, -0.05) is 13.3 Å². The summed E-state index contributed by atoms with van der Waals surface area (Å²) in [5.41, 5.74) is 0.289. The van der Waals surface area contributed by atoms with Crippen molar-refractivity contribution in [3.8, 4) is 5.88 Å². The van der Waals surface area contributed by atoms with Crippen LogP contribution in [0.3, 0.4) is 0 Å². The Balaban J connectivity index is 2.69. The number of nitrogens with zero attached hydrogens (tertiary/aromatic N) is 1. The number of rotatable bonds is 5. The molecule has 0 aliphatic rings. The van der Waals surface area contributed by atoms with Gasteiger partial charge in [-0.05, 0) is 19.4 Å². The fourth-order valence-electron chi connectivity index (χ4n) is 1.26. The molecule has 1 aromatic rings. The van der Waals surface area contributed by atoms with E-state index in [2.05, 4.69) is 4.98 Å². The largest absolute Gasteiger partial charge is 0.478 e. The van der Waals surface area contributed by atoms with Gasteiger partial charge in [0.05, 0.1) is 18.0 Å². The summed E-state index contributed by atoms with van der Waals surface area (Å²) in [6.45, 7) is 4.01. The number of anilines is 1. The summed E-state index contributed by atoms with van der Waals surface area (Å²) in [4.78, 5) is 14.8. The molecule has 0 atom stereocenters. The Hall–Kier alpha value is -1.79. The summed E-state index contributed by atoms with van der Waals surface area (Å²) in [5.74, 6) is -1.69. The molecule has 0 aliphatic carbocycles. The molecular weight excluding hydrogens is 261 g/mol. The van der Waals surface area contributed by atoms with E-state index in [9.17, 15) is 18.0 Å². The van der Waals surface area contributed by atoms with Gasteiger partial charge in [0.1, 0.15) is 0 Å². The van der Waals surface area contributed by atoms with E-state index in [0.717, 1.165) is 12.8 Å². The first-order chi connectivity index (χ1) is 8.84. The second kappa shape index (κ2) is 6.40. The van der Waals surface area contributed by atoms with E-state index in [1.54, 1.807) is 5.32 Å². The summed E-state index contributed by atoms with van der Waals surface area (Å²) in [6.07, 6.45) is -3.07. The fraction of sp³-hybridized carbons (Fsp3) is 0.500. The smallest absolute Gasteiger partial charge is 0.471 e. The van der Waals surface area contributed by atoms with Gasteiger partial charge in [0.15, 0.2) is 0 Å². The van der Waals surface area contributed by atoms with Crippen molar-refractivity contribution in [2.75, 3.05) is 11.9 Å². The number of pyridine rings is 1. The van der Waals surface area contributed by atoms with Crippen molar-refractivity contribution in [3.05, 3.63) is 17.8 Å². The number of hydrogen-bond acceptors (Lipinski definition) is 3. The number of unbranched alkanes of at least 4 members (excludes halogenated alkanes) is 1. The van der Waals surface area contributed by atoms with E-state index in [0.29, 0.717) is 12.5 Å². The molecule has 0 aromatic carbocycles. The lowest BCUT2D eigenvalue weighted by atomic mass is 10.3. The fourth-order valence-corrected chi connectivity index (χ4v) is 1.26. The van der Waals surface area contributed by atoms with Gasteiger partial charge in [-0.25, -0.2) is 4.98 Å². The average molecular weight is 276 g/mol. The summed E-state index contributed by atoms with van der Waals surface area (Å²) in [6, 6.07) is 2.77. The van der Waals surface area contributed by atoms with E-state index in [-0.39, 0.29) is 11.4 Å². The quantitative estimate of drug-likeness (QED) is 0.841.